The van der Waals surface area contributed by atoms with Gasteiger partial charge in [0.25, 0.3) is 5.91 Å². The molecule has 0 saturated carbocycles. The molecule has 0 fully saturated rings. The van der Waals surface area contributed by atoms with E-state index < -0.39 is 0 Å². The van der Waals surface area contributed by atoms with E-state index in [2.05, 4.69) is 97.4 Å². The minimum absolute atomic E-state index is 0.214. The lowest BCUT2D eigenvalue weighted by atomic mass is 10.1. The molecule has 0 saturated heterocycles. The van der Waals surface area contributed by atoms with Crippen molar-refractivity contribution in [3.8, 4) is 35.0 Å². The number of rotatable bonds is 7. The molecule has 1 aromatic heterocycles. The molecule has 0 aliphatic rings. The number of nitrogens with zero attached hydrogens (tertiary/aromatic N) is 2. The third kappa shape index (κ3) is 5.94. The summed E-state index contributed by atoms with van der Waals surface area (Å²) in [4.78, 5) is 12.6. The number of carbonyl (C=O) groups excluding carboxylic acids is 1. The van der Waals surface area contributed by atoms with Crippen molar-refractivity contribution in [1.29, 1.82) is 0 Å². The second-order valence-corrected chi connectivity index (χ2v) is 9.94. The highest BCUT2D eigenvalue weighted by molar-refractivity contribution is 14.1. The fourth-order valence-corrected chi connectivity index (χ4v) is 5.74. The van der Waals surface area contributed by atoms with E-state index in [4.69, 9.17) is 11.2 Å². The molecular weight excluding hydrogens is 664 g/mol. The third-order valence-electron chi connectivity index (χ3n) is 5.23. The largest absolute Gasteiger partial charge is 0.479 e. The van der Waals surface area contributed by atoms with E-state index in [0.717, 1.165) is 41.1 Å². The van der Waals surface area contributed by atoms with Crippen LogP contribution in [-0.4, -0.2) is 23.3 Å². The summed E-state index contributed by atoms with van der Waals surface area (Å²) < 4.78 is 9.60. The van der Waals surface area contributed by atoms with Crippen LogP contribution in [0.15, 0.2) is 84.0 Å². The molecule has 4 aromatic rings. The summed E-state index contributed by atoms with van der Waals surface area (Å²) in [5.74, 6) is 2.94. The molecule has 0 unspecified atom stereocenters. The van der Waals surface area contributed by atoms with Gasteiger partial charge in [-0.2, -0.15) is 5.10 Å². The van der Waals surface area contributed by atoms with Crippen LogP contribution in [0.5, 0.6) is 5.75 Å². The summed E-state index contributed by atoms with van der Waals surface area (Å²) in [5.41, 5.74) is 8.31. The number of aromatic nitrogens is 1. The topological polar surface area (TPSA) is 55.6 Å². The summed E-state index contributed by atoms with van der Waals surface area (Å²) in [6.07, 6.45) is 6.88. The van der Waals surface area contributed by atoms with Crippen LogP contribution in [0.2, 0.25) is 0 Å². The van der Waals surface area contributed by atoms with Crippen LogP contribution < -0.4 is 10.2 Å². The number of benzene rings is 3. The van der Waals surface area contributed by atoms with Gasteiger partial charge in [0, 0.05) is 16.9 Å². The molecule has 174 valence electrons. The number of hydrazone groups is 1. The smallest absolute Gasteiger partial charge is 0.271 e. The van der Waals surface area contributed by atoms with Crippen LogP contribution in [0.3, 0.4) is 0 Å². The Morgan fingerprint density at radius 1 is 1.06 bits per heavy atom. The maximum atomic E-state index is 12.6. The monoisotopic (exact) mass is 685 g/mol. The van der Waals surface area contributed by atoms with Crippen molar-refractivity contribution < 1.29 is 9.53 Å². The summed E-state index contributed by atoms with van der Waals surface area (Å²) in [6, 6.07) is 25.8. The number of halogens is 2. The van der Waals surface area contributed by atoms with Crippen molar-refractivity contribution in [2.45, 2.75) is 6.92 Å². The van der Waals surface area contributed by atoms with Crippen LogP contribution in [-0.2, 0) is 0 Å². The standard InChI is InChI=1S/C28H21I2N3O2/c1-3-15-35-27-24(29)16-20(17-25(27)30)18-31-32-28(34)22-10-12-23(13-11-22)33-19(2)9-14-26(33)21-7-5-4-6-8-21/h1,4-14,16-18H,15H2,2H3,(H,32,34)/b31-18+. The first-order chi connectivity index (χ1) is 17.0. The fraction of sp³-hybridized carbons (Fsp3) is 0.0714. The second kappa shape index (κ2) is 11.6. The molecule has 0 atom stereocenters. The van der Waals surface area contributed by atoms with E-state index in [1.807, 2.05) is 42.5 Å². The molecule has 7 heteroatoms. The first kappa shape index (κ1) is 25.0. The Hall–Kier alpha value is -3.10. The summed E-state index contributed by atoms with van der Waals surface area (Å²) in [7, 11) is 0. The Labute approximate surface area is 231 Å². The van der Waals surface area contributed by atoms with Gasteiger partial charge in [-0.1, -0.05) is 36.3 Å². The lowest BCUT2D eigenvalue weighted by Crippen LogP contribution is -2.17. The zero-order chi connectivity index (χ0) is 24.8. The molecule has 0 spiro atoms. The highest BCUT2D eigenvalue weighted by Crippen LogP contribution is 2.29. The van der Waals surface area contributed by atoms with Crippen molar-refractivity contribution in [2.24, 2.45) is 5.10 Å². The highest BCUT2D eigenvalue weighted by Gasteiger charge is 2.11. The number of hydrogen-bond acceptors (Lipinski definition) is 3. The van der Waals surface area contributed by atoms with Crippen molar-refractivity contribution in [1.82, 2.24) is 9.99 Å². The van der Waals surface area contributed by atoms with E-state index in [1.165, 1.54) is 0 Å². The van der Waals surface area contributed by atoms with E-state index in [1.54, 1.807) is 18.3 Å². The zero-order valence-electron chi connectivity index (χ0n) is 18.8. The van der Waals surface area contributed by atoms with Crippen molar-refractivity contribution in [2.75, 3.05) is 6.61 Å². The van der Waals surface area contributed by atoms with Crippen LogP contribution >= 0.6 is 45.2 Å². The lowest BCUT2D eigenvalue weighted by molar-refractivity contribution is 0.0955. The van der Waals surface area contributed by atoms with Gasteiger partial charge >= 0.3 is 0 Å². The number of hydrogen-bond donors (Lipinski definition) is 1. The van der Waals surface area contributed by atoms with E-state index in [9.17, 15) is 4.79 Å². The van der Waals surface area contributed by atoms with Crippen molar-refractivity contribution >= 4 is 57.3 Å². The van der Waals surface area contributed by atoms with E-state index >= 15 is 0 Å². The number of ether oxygens (including phenoxy) is 1. The molecule has 1 N–H and O–H groups in total. The molecule has 0 radical (unpaired) electrons. The minimum atomic E-state index is -0.279. The van der Waals surface area contributed by atoms with E-state index in [0.29, 0.717) is 5.56 Å². The number of amides is 1. The summed E-state index contributed by atoms with van der Waals surface area (Å²) in [5, 5.41) is 4.12. The zero-order valence-corrected chi connectivity index (χ0v) is 23.1. The van der Waals surface area contributed by atoms with Gasteiger partial charge in [-0.15, -0.1) is 6.42 Å². The maximum absolute atomic E-state index is 12.6. The molecule has 4 rings (SSSR count). The van der Waals surface area contributed by atoms with E-state index in [-0.39, 0.29) is 12.5 Å². The number of nitrogens with one attached hydrogen (secondary N) is 1. The van der Waals surface area contributed by atoms with Crippen LogP contribution in [0.1, 0.15) is 21.6 Å². The summed E-state index contributed by atoms with van der Waals surface area (Å²) >= 11 is 4.38. The molecule has 1 amide bonds. The van der Waals surface area contributed by atoms with Crippen LogP contribution in [0, 0.1) is 26.4 Å². The highest BCUT2D eigenvalue weighted by atomic mass is 127. The molecular formula is C28H21I2N3O2. The molecule has 35 heavy (non-hydrogen) atoms. The Morgan fingerprint density at radius 2 is 1.74 bits per heavy atom. The third-order valence-corrected chi connectivity index (χ3v) is 6.84. The van der Waals surface area contributed by atoms with Gasteiger partial charge in [-0.25, -0.2) is 5.43 Å². The number of carbonyl (C=O) groups is 1. The number of aryl methyl sites for hydroxylation is 1. The van der Waals surface area contributed by atoms with Crippen LogP contribution in [0.4, 0.5) is 0 Å². The van der Waals surface area contributed by atoms with Gasteiger partial charge in [-0.05, 0) is 112 Å². The van der Waals surface area contributed by atoms with Gasteiger partial charge in [0.15, 0.2) is 0 Å². The van der Waals surface area contributed by atoms with Crippen molar-refractivity contribution in [3.05, 3.63) is 103 Å². The first-order valence-electron chi connectivity index (χ1n) is 10.7. The quantitative estimate of drug-likeness (QED) is 0.106. The normalized spacial score (nSPS) is 10.8. The molecule has 1 heterocycles. The number of terminal acetylenes is 1. The predicted octanol–water partition coefficient (Wildman–Crippen LogP) is 6.44. The average molecular weight is 685 g/mol. The SMILES string of the molecule is C#CCOc1c(I)cc(/C=N/NC(=O)c2ccc(-n3c(C)ccc3-c3ccccc3)cc2)cc1I. The van der Waals surface area contributed by atoms with Gasteiger partial charge < -0.3 is 9.30 Å². The molecule has 0 aliphatic carbocycles. The predicted molar refractivity (Wildman–Crippen MR) is 157 cm³/mol. The van der Waals surface area contributed by atoms with Crippen molar-refractivity contribution in [3.63, 3.8) is 0 Å². The Bertz CT molecular complexity index is 1400. The van der Waals surface area contributed by atoms with Gasteiger partial charge in [0.05, 0.1) is 19.0 Å². The van der Waals surface area contributed by atoms with Gasteiger partial charge in [0.2, 0.25) is 0 Å². The molecule has 5 nitrogen and oxygen atoms in total. The fourth-order valence-electron chi connectivity index (χ4n) is 3.61. The summed E-state index contributed by atoms with van der Waals surface area (Å²) in [6.45, 7) is 2.28. The maximum Gasteiger partial charge on any atom is 0.271 e. The molecule has 3 aromatic carbocycles. The Balaban J connectivity index is 1.46. The Morgan fingerprint density at radius 3 is 2.40 bits per heavy atom. The Kier molecular flexibility index (Phi) is 8.25. The minimum Gasteiger partial charge on any atom is -0.479 e. The molecule has 0 bridgehead atoms. The lowest BCUT2D eigenvalue weighted by Gasteiger charge is -2.12. The average Bonchev–Trinajstić information content (AvgIpc) is 3.25. The molecule has 0 aliphatic heterocycles. The van der Waals surface area contributed by atoms with Gasteiger partial charge in [0.1, 0.15) is 12.4 Å². The van der Waals surface area contributed by atoms with Gasteiger partial charge in [-0.3, -0.25) is 4.79 Å². The van der Waals surface area contributed by atoms with Crippen LogP contribution in [0.25, 0.3) is 16.9 Å². The first-order valence-corrected chi connectivity index (χ1v) is 12.9. The second-order valence-electron chi connectivity index (χ2n) is 7.61.